The fourth-order valence-corrected chi connectivity index (χ4v) is 1.48. The van der Waals surface area contributed by atoms with E-state index in [9.17, 15) is 4.79 Å². The predicted octanol–water partition coefficient (Wildman–Crippen LogP) is -0.290. The first-order valence-electron chi connectivity index (χ1n) is 4.11. The molecule has 1 fully saturated rings. The van der Waals surface area contributed by atoms with Gasteiger partial charge in [0, 0.05) is 33.2 Å². The standard InChI is InChI=1S/C8H15NO3/c1-11-8(7(10)6-9)2-4-12-5-3-8/h2-6,9H2,1H3. The van der Waals surface area contributed by atoms with E-state index < -0.39 is 5.60 Å². The van der Waals surface area contributed by atoms with E-state index >= 15 is 0 Å². The molecule has 1 rings (SSSR count). The van der Waals surface area contributed by atoms with Gasteiger partial charge in [-0.1, -0.05) is 0 Å². The highest BCUT2D eigenvalue weighted by molar-refractivity contribution is 5.89. The number of ketones is 1. The average molecular weight is 173 g/mol. The van der Waals surface area contributed by atoms with Crippen LogP contribution in [0.25, 0.3) is 0 Å². The summed E-state index contributed by atoms with van der Waals surface area (Å²) in [6.45, 7) is 1.22. The van der Waals surface area contributed by atoms with Gasteiger partial charge in [-0.05, 0) is 0 Å². The summed E-state index contributed by atoms with van der Waals surface area (Å²) in [5.41, 5.74) is 4.63. The topological polar surface area (TPSA) is 61.5 Å². The first-order valence-corrected chi connectivity index (χ1v) is 4.11. The average Bonchev–Trinajstić information content (AvgIpc) is 2.17. The van der Waals surface area contributed by atoms with Crippen molar-refractivity contribution < 1.29 is 14.3 Å². The molecule has 0 bridgehead atoms. The Morgan fingerprint density at radius 2 is 2.17 bits per heavy atom. The van der Waals surface area contributed by atoms with Crippen LogP contribution in [0.3, 0.4) is 0 Å². The third kappa shape index (κ3) is 1.65. The first-order chi connectivity index (χ1) is 5.75. The Balaban J connectivity index is 2.66. The Hall–Kier alpha value is -0.450. The van der Waals surface area contributed by atoms with Gasteiger partial charge in [-0.2, -0.15) is 0 Å². The van der Waals surface area contributed by atoms with Gasteiger partial charge in [0.25, 0.3) is 0 Å². The molecular weight excluding hydrogens is 158 g/mol. The molecule has 4 heteroatoms. The number of methoxy groups -OCH3 is 1. The van der Waals surface area contributed by atoms with Crippen molar-refractivity contribution >= 4 is 5.78 Å². The molecule has 1 aliphatic heterocycles. The number of rotatable bonds is 3. The highest BCUT2D eigenvalue weighted by atomic mass is 16.5. The Morgan fingerprint density at radius 1 is 1.58 bits per heavy atom. The van der Waals surface area contributed by atoms with Gasteiger partial charge in [-0.25, -0.2) is 0 Å². The summed E-state index contributed by atoms with van der Waals surface area (Å²) in [5.74, 6) is -0.0201. The molecule has 0 aromatic rings. The molecule has 12 heavy (non-hydrogen) atoms. The fraction of sp³-hybridized carbons (Fsp3) is 0.875. The maximum atomic E-state index is 11.4. The highest BCUT2D eigenvalue weighted by Gasteiger charge is 2.38. The zero-order valence-corrected chi connectivity index (χ0v) is 7.34. The number of carbonyl (C=O) groups excluding carboxylic acids is 1. The molecule has 0 radical (unpaired) electrons. The molecule has 0 atom stereocenters. The minimum absolute atomic E-state index is 0.0201. The second-order valence-corrected chi connectivity index (χ2v) is 2.94. The molecule has 0 aromatic carbocycles. The van der Waals surface area contributed by atoms with Crippen LogP contribution in [0.5, 0.6) is 0 Å². The normalized spacial score (nSPS) is 22.2. The van der Waals surface area contributed by atoms with Crippen molar-refractivity contribution in [2.24, 2.45) is 5.73 Å². The first kappa shape index (κ1) is 9.64. The van der Waals surface area contributed by atoms with Crippen LogP contribution >= 0.6 is 0 Å². The smallest absolute Gasteiger partial charge is 0.178 e. The lowest BCUT2D eigenvalue weighted by Gasteiger charge is -2.33. The molecule has 70 valence electrons. The van der Waals surface area contributed by atoms with Crippen molar-refractivity contribution in [3.05, 3.63) is 0 Å². The van der Waals surface area contributed by atoms with Gasteiger partial charge >= 0.3 is 0 Å². The van der Waals surface area contributed by atoms with Crippen LogP contribution in [0.2, 0.25) is 0 Å². The fourth-order valence-electron chi connectivity index (χ4n) is 1.48. The largest absolute Gasteiger partial charge is 0.381 e. The number of hydrogen-bond acceptors (Lipinski definition) is 4. The minimum Gasteiger partial charge on any atom is -0.381 e. The summed E-state index contributed by atoms with van der Waals surface area (Å²) in [4.78, 5) is 11.4. The van der Waals surface area contributed by atoms with E-state index in [1.807, 2.05) is 0 Å². The molecule has 0 spiro atoms. The van der Waals surface area contributed by atoms with Crippen LogP contribution in [0.1, 0.15) is 12.8 Å². The summed E-state index contributed by atoms with van der Waals surface area (Å²) in [6.07, 6.45) is 1.25. The van der Waals surface area contributed by atoms with E-state index in [1.54, 1.807) is 7.11 Å². The quantitative estimate of drug-likeness (QED) is 0.637. The maximum absolute atomic E-state index is 11.4. The summed E-state index contributed by atoms with van der Waals surface area (Å²) in [5, 5.41) is 0. The lowest BCUT2D eigenvalue weighted by Crippen LogP contribution is -2.48. The van der Waals surface area contributed by atoms with E-state index in [4.69, 9.17) is 15.2 Å². The summed E-state index contributed by atoms with van der Waals surface area (Å²) >= 11 is 0. The van der Waals surface area contributed by atoms with Crippen LogP contribution in [0.15, 0.2) is 0 Å². The molecular formula is C8H15NO3. The third-order valence-electron chi connectivity index (χ3n) is 2.38. The van der Waals surface area contributed by atoms with Crippen LogP contribution < -0.4 is 5.73 Å². The molecule has 0 saturated carbocycles. The summed E-state index contributed by atoms with van der Waals surface area (Å²) in [7, 11) is 1.55. The van der Waals surface area contributed by atoms with Crippen LogP contribution in [-0.2, 0) is 14.3 Å². The van der Waals surface area contributed by atoms with Crippen molar-refractivity contribution in [2.45, 2.75) is 18.4 Å². The predicted molar refractivity (Wildman–Crippen MR) is 43.9 cm³/mol. The van der Waals surface area contributed by atoms with Crippen molar-refractivity contribution in [3.63, 3.8) is 0 Å². The molecule has 1 heterocycles. The van der Waals surface area contributed by atoms with Gasteiger partial charge in [0.2, 0.25) is 0 Å². The second kappa shape index (κ2) is 3.98. The Bertz CT molecular complexity index is 164. The lowest BCUT2D eigenvalue weighted by atomic mass is 9.89. The van der Waals surface area contributed by atoms with Gasteiger partial charge < -0.3 is 15.2 Å². The van der Waals surface area contributed by atoms with Crippen LogP contribution in [0.4, 0.5) is 0 Å². The monoisotopic (exact) mass is 173 g/mol. The van der Waals surface area contributed by atoms with Crippen molar-refractivity contribution in [3.8, 4) is 0 Å². The molecule has 0 aliphatic carbocycles. The molecule has 4 nitrogen and oxygen atoms in total. The van der Waals surface area contributed by atoms with E-state index in [-0.39, 0.29) is 12.3 Å². The van der Waals surface area contributed by atoms with Gasteiger partial charge in [0.05, 0.1) is 6.54 Å². The zero-order valence-electron chi connectivity index (χ0n) is 7.34. The Labute approximate surface area is 72.0 Å². The number of hydrogen-bond donors (Lipinski definition) is 1. The number of carbonyl (C=O) groups is 1. The molecule has 0 amide bonds. The number of Topliss-reactive ketones (excluding diaryl/α,β-unsaturated/α-hetero) is 1. The summed E-state index contributed by atoms with van der Waals surface area (Å²) < 4.78 is 10.4. The van der Waals surface area contributed by atoms with Gasteiger partial charge in [0.15, 0.2) is 5.78 Å². The van der Waals surface area contributed by atoms with Crippen LogP contribution in [0, 0.1) is 0 Å². The van der Waals surface area contributed by atoms with E-state index in [2.05, 4.69) is 0 Å². The molecule has 1 aliphatic rings. The van der Waals surface area contributed by atoms with Crippen LogP contribution in [-0.4, -0.2) is 38.3 Å². The van der Waals surface area contributed by atoms with Crippen molar-refractivity contribution in [2.75, 3.05) is 26.9 Å². The van der Waals surface area contributed by atoms with Crippen molar-refractivity contribution in [1.29, 1.82) is 0 Å². The minimum atomic E-state index is -0.660. The van der Waals surface area contributed by atoms with Gasteiger partial charge in [-0.15, -0.1) is 0 Å². The maximum Gasteiger partial charge on any atom is 0.178 e. The number of nitrogens with two attached hydrogens (primary N) is 1. The van der Waals surface area contributed by atoms with Gasteiger partial charge in [-0.3, -0.25) is 4.79 Å². The zero-order chi connectivity index (χ0) is 9.03. The Morgan fingerprint density at radius 3 is 2.58 bits per heavy atom. The van der Waals surface area contributed by atoms with E-state index in [0.717, 1.165) is 0 Å². The van der Waals surface area contributed by atoms with E-state index in [1.165, 1.54) is 0 Å². The molecule has 0 unspecified atom stereocenters. The van der Waals surface area contributed by atoms with Gasteiger partial charge in [0.1, 0.15) is 5.60 Å². The SMILES string of the molecule is COC1(C(=O)CN)CCOCC1. The second-order valence-electron chi connectivity index (χ2n) is 2.94. The third-order valence-corrected chi connectivity index (χ3v) is 2.38. The number of ether oxygens (including phenoxy) is 2. The molecule has 0 aromatic heterocycles. The van der Waals surface area contributed by atoms with E-state index in [0.29, 0.717) is 26.1 Å². The highest BCUT2D eigenvalue weighted by Crippen LogP contribution is 2.24. The summed E-state index contributed by atoms with van der Waals surface area (Å²) in [6, 6.07) is 0. The molecule has 1 saturated heterocycles. The Kier molecular flexibility index (Phi) is 3.20. The lowest BCUT2D eigenvalue weighted by molar-refractivity contribution is -0.151. The molecule has 2 N–H and O–H groups in total. The van der Waals surface area contributed by atoms with Crippen molar-refractivity contribution in [1.82, 2.24) is 0 Å².